The lowest BCUT2D eigenvalue weighted by molar-refractivity contribution is 0.0998. The highest BCUT2D eigenvalue weighted by Gasteiger charge is 2.12. The smallest absolute Gasteiger partial charge is 0.291 e. The topological polar surface area (TPSA) is 74.8 Å². The maximum atomic E-state index is 12.5. The Morgan fingerprint density at radius 3 is 2.42 bits per heavy atom. The Morgan fingerprint density at radius 1 is 0.871 bits per heavy atom. The lowest BCUT2D eigenvalue weighted by Crippen LogP contribution is -2.10. The van der Waals surface area contributed by atoms with Crippen LogP contribution in [0.1, 0.15) is 16.1 Å². The molecule has 0 saturated carbocycles. The molecule has 0 aliphatic carbocycles. The zero-order valence-corrected chi connectivity index (χ0v) is 16.4. The fraction of sp³-hybridized carbons (Fsp3) is 0. The molecule has 0 unspecified atom stereocenters. The van der Waals surface area contributed by atoms with Crippen molar-refractivity contribution in [2.24, 2.45) is 4.99 Å². The summed E-state index contributed by atoms with van der Waals surface area (Å²) < 4.78 is 5.60. The van der Waals surface area contributed by atoms with Crippen molar-refractivity contribution in [3.05, 3.63) is 102 Å². The number of furan rings is 1. The summed E-state index contributed by atoms with van der Waals surface area (Å²) in [4.78, 5) is 17.0. The van der Waals surface area contributed by atoms with Crippen LogP contribution in [0, 0.1) is 0 Å². The van der Waals surface area contributed by atoms with Gasteiger partial charge in [0.25, 0.3) is 5.91 Å². The first-order valence-corrected chi connectivity index (χ1v) is 9.82. The second-order valence-corrected chi connectivity index (χ2v) is 7.13. The Bertz CT molecular complexity index is 1400. The third kappa shape index (κ3) is 3.76. The summed E-state index contributed by atoms with van der Waals surface area (Å²) in [7, 11) is 0. The number of benzene rings is 4. The summed E-state index contributed by atoms with van der Waals surface area (Å²) in [6, 6.07) is 27.7. The van der Waals surface area contributed by atoms with Crippen molar-refractivity contribution in [3.8, 4) is 5.75 Å². The maximum Gasteiger partial charge on any atom is 0.291 e. The SMILES string of the molecule is O=C(Nc1ccc(N=Cc2c(O)ccc3ccccc23)cc1)c1cc2ccccc2o1. The highest BCUT2D eigenvalue weighted by atomic mass is 16.3. The summed E-state index contributed by atoms with van der Waals surface area (Å²) >= 11 is 0. The van der Waals surface area contributed by atoms with Crippen LogP contribution in [0.15, 0.2) is 100 Å². The first-order valence-electron chi connectivity index (χ1n) is 9.82. The van der Waals surface area contributed by atoms with Crippen molar-refractivity contribution in [1.29, 1.82) is 0 Å². The van der Waals surface area contributed by atoms with E-state index >= 15 is 0 Å². The van der Waals surface area contributed by atoms with Crippen molar-refractivity contribution in [3.63, 3.8) is 0 Å². The molecule has 0 aliphatic rings. The van der Waals surface area contributed by atoms with Gasteiger partial charge in [0.2, 0.25) is 0 Å². The predicted octanol–water partition coefficient (Wildman–Crippen LogP) is 6.29. The molecule has 0 bridgehead atoms. The largest absolute Gasteiger partial charge is 0.507 e. The first kappa shape index (κ1) is 18.6. The average Bonchev–Trinajstić information content (AvgIpc) is 3.24. The molecule has 4 aromatic carbocycles. The Hall–Kier alpha value is -4.38. The van der Waals surface area contributed by atoms with Gasteiger partial charge in [-0.25, -0.2) is 0 Å². The number of aromatic hydroxyl groups is 1. The van der Waals surface area contributed by atoms with Gasteiger partial charge < -0.3 is 14.8 Å². The molecule has 1 heterocycles. The van der Waals surface area contributed by atoms with Crippen LogP contribution in [0.5, 0.6) is 5.75 Å². The van der Waals surface area contributed by atoms with Gasteiger partial charge in [0.15, 0.2) is 5.76 Å². The highest BCUT2D eigenvalue weighted by Crippen LogP contribution is 2.27. The van der Waals surface area contributed by atoms with Crippen molar-refractivity contribution >= 4 is 45.2 Å². The zero-order valence-electron chi connectivity index (χ0n) is 16.4. The summed E-state index contributed by atoms with van der Waals surface area (Å²) in [6.45, 7) is 0. The molecule has 5 aromatic rings. The van der Waals surface area contributed by atoms with E-state index in [2.05, 4.69) is 10.3 Å². The highest BCUT2D eigenvalue weighted by molar-refractivity contribution is 6.05. The van der Waals surface area contributed by atoms with Gasteiger partial charge in [0, 0.05) is 22.9 Å². The monoisotopic (exact) mass is 406 g/mol. The molecule has 0 saturated heterocycles. The number of amides is 1. The van der Waals surface area contributed by atoms with Crippen molar-refractivity contribution in [2.45, 2.75) is 0 Å². The molecule has 2 N–H and O–H groups in total. The van der Waals surface area contributed by atoms with E-state index in [1.165, 1.54) is 0 Å². The zero-order chi connectivity index (χ0) is 21.2. The molecule has 0 aliphatic heterocycles. The number of anilines is 1. The number of fused-ring (bicyclic) bond motifs is 2. The van der Waals surface area contributed by atoms with Gasteiger partial charge in [-0.3, -0.25) is 9.79 Å². The third-order valence-electron chi connectivity index (χ3n) is 5.06. The number of hydrogen-bond acceptors (Lipinski definition) is 4. The van der Waals surface area contributed by atoms with E-state index in [-0.39, 0.29) is 17.4 Å². The van der Waals surface area contributed by atoms with Crippen LogP contribution in [0.4, 0.5) is 11.4 Å². The number of carbonyl (C=O) groups is 1. The van der Waals surface area contributed by atoms with E-state index in [0.717, 1.165) is 16.2 Å². The Balaban J connectivity index is 1.33. The minimum atomic E-state index is -0.312. The van der Waals surface area contributed by atoms with Gasteiger partial charge in [0.1, 0.15) is 11.3 Å². The Kier molecular flexibility index (Phi) is 4.69. The van der Waals surface area contributed by atoms with Gasteiger partial charge in [0.05, 0.1) is 5.69 Å². The van der Waals surface area contributed by atoms with Crippen LogP contribution in [-0.4, -0.2) is 17.2 Å². The number of nitrogens with one attached hydrogen (secondary N) is 1. The van der Waals surface area contributed by atoms with E-state index in [1.807, 2.05) is 54.6 Å². The maximum absolute atomic E-state index is 12.5. The molecule has 150 valence electrons. The number of nitrogens with zero attached hydrogens (tertiary/aromatic N) is 1. The lowest BCUT2D eigenvalue weighted by Gasteiger charge is -2.05. The first-order chi connectivity index (χ1) is 15.2. The van der Waals surface area contributed by atoms with Crippen molar-refractivity contribution < 1.29 is 14.3 Å². The molecule has 5 nitrogen and oxygen atoms in total. The minimum absolute atomic E-state index is 0.178. The molecule has 1 aromatic heterocycles. The van der Waals surface area contributed by atoms with Gasteiger partial charge in [-0.05, 0) is 53.2 Å². The molecule has 5 heteroatoms. The summed E-state index contributed by atoms with van der Waals surface area (Å²) in [6.07, 6.45) is 1.65. The van der Waals surface area contributed by atoms with E-state index in [1.54, 1.807) is 42.6 Å². The number of phenolic OH excluding ortho intramolecular Hbond substituents is 1. The number of phenols is 1. The molecule has 0 fully saturated rings. The lowest BCUT2D eigenvalue weighted by atomic mass is 10.0. The van der Waals surface area contributed by atoms with Crippen LogP contribution in [-0.2, 0) is 0 Å². The Morgan fingerprint density at radius 2 is 1.61 bits per heavy atom. The molecule has 1 amide bonds. The van der Waals surface area contributed by atoms with Crippen LogP contribution in [0.3, 0.4) is 0 Å². The fourth-order valence-electron chi connectivity index (χ4n) is 3.48. The van der Waals surface area contributed by atoms with E-state index in [0.29, 0.717) is 22.5 Å². The number of rotatable bonds is 4. The Labute approximate surface area is 178 Å². The van der Waals surface area contributed by atoms with Crippen molar-refractivity contribution in [1.82, 2.24) is 0 Å². The summed E-state index contributed by atoms with van der Waals surface area (Å²) in [5.41, 5.74) is 2.68. The van der Waals surface area contributed by atoms with E-state index < -0.39 is 0 Å². The van der Waals surface area contributed by atoms with Crippen LogP contribution < -0.4 is 5.32 Å². The van der Waals surface area contributed by atoms with Gasteiger partial charge in [-0.2, -0.15) is 0 Å². The van der Waals surface area contributed by atoms with Crippen LogP contribution in [0.2, 0.25) is 0 Å². The third-order valence-corrected chi connectivity index (χ3v) is 5.06. The summed E-state index contributed by atoms with van der Waals surface area (Å²) in [5.74, 6) is 0.125. The standard InChI is InChI=1S/C26H18N2O3/c29-23-14-9-17-5-1-3-7-21(17)22(23)16-27-19-10-12-20(13-11-19)28-26(30)25-15-18-6-2-4-8-24(18)31-25/h1-16,29H,(H,28,30). The fourth-order valence-corrected chi connectivity index (χ4v) is 3.48. The summed E-state index contributed by atoms with van der Waals surface area (Å²) in [5, 5.41) is 15.9. The van der Waals surface area contributed by atoms with E-state index in [4.69, 9.17) is 4.42 Å². The predicted molar refractivity (Wildman–Crippen MR) is 123 cm³/mol. The number of carbonyl (C=O) groups excluding carboxylic acids is 1. The second kappa shape index (κ2) is 7.80. The van der Waals surface area contributed by atoms with E-state index in [9.17, 15) is 9.90 Å². The molecule has 0 radical (unpaired) electrons. The quantitative estimate of drug-likeness (QED) is 0.344. The molecule has 0 spiro atoms. The number of hydrogen-bond donors (Lipinski definition) is 2. The van der Waals surface area contributed by atoms with Gasteiger partial charge >= 0.3 is 0 Å². The van der Waals surface area contributed by atoms with Crippen LogP contribution in [0.25, 0.3) is 21.7 Å². The molecule has 0 atom stereocenters. The van der Waals surface area contributed by atoms with Crippen molar-refractivity contribution in [2.75, 3.05) is 5.32 Å². The molecular weight excluding hydrogens is 388 g/mol. The molecule has 31 heavy (non-hydrogen) atoms. The average molecular weight is 406 g/mol. The molecular formula is C26H18N2O3. The molecule has 5 rings (SSSR count). The number of aliphatic imine (C=N–C) groups is 1. The normalized spacial score (nSPS) is 11.4. The number of para-hydroxylation sites is 1. The second-order valence-electron chi connectivity index (χ2n) is 7.13. The van der Waals surface area contributed by atoms with Gasteiger partial charge in [-0.1, -0.05) is 48.5 Å². The van der Waals surface area contributed by atoms with Gasteiger partial charge in [-0.15, -0.1) is 0 Å². The van der Waals surface area contributed by atoms with Crippen LogP contribution >= 0.6 is 0 Å². The minimum Gasteiger partial charge on any atom is -0.507 e.